The van der Waals surface area contributed by atoms with Crippen LogP contribution in [0.25, 0.3) is 0 Å². The second kappa shape index (κ2) is 12.6. The predicted molar refractivity (Wildman–Crippen MR) is 139 cm³/mol. The second-order valence-electron chi connectivity index (χ2n) is 9.26. The molecule has 1 N–H and O–H groups in total. The topological polar surface area (TPSA) is 71.8 Å². The number of piperazine rings is 1. The Morgan fingerprint density at radius 1 is 1.08 bits per heavy atom. The molecule has 2 heterocycles. The van der Waals surface area contributed by atoms with E-state index in [4.69, 9.17) is 33.2 Å². The zero-order chi connectivity index (χ0) is 25.5. The molecule has 0 aliphatic carbocycles. The van der Waals surface area contributed by atoms with Gasteiger partial charge in [0.15, 0.2) is 11.6 Å². The van der Waals surface area contributed by atoms with Crippen molar-refractivity contribution in [2.24, 2.45) is 5.92 Å². The van der Waals surface area contributed by atoms with E-state index in [-0.39, 0.29) is 17.3 Å². The van der Waals surface area contributed by atoms with Gasteiger partial charge in [0.25, 0.3) is 0 Å². The summed E-state index contributed by atoms with van der Waals surface area (Å²) in [6.45, 7) is 7.17. The van der Waals surface area contributed by atoms with E-state index in [0.29, 0.717) is 41.3 Å². The van der Waals surface area contributed by atoms with Crippen LogP contribution in [0, 0.1) is 23.1 Å². The average Bonchev–Trinajstić information content (AvgIpc) is 2.88. The number of nitriles is 1. The van der Waals surface area contributed by atoms with Gasteiger partial charge in [0, 0.05) is 51.5 Å². The third-order valence-corrected chi connectivity index (χ3v) is 7.41. The molecule has 2 aromatic rings. The summed E-state index contributed by atoms with van der Waals surface area (Å²) in [5, 5.41) is 12.6. The molecule has 7 nitrogen and oxygen atoms in total. The second-order valence-corrected chi connectivity index (χ2v) is 10.1. The first-order chi connectivity index (χ1) is 17.4. The number of nitrogens with one attached hydrogen (secondary N) is 1. The molecule has 192 valence electrons. The Morgan fingerprint density at radius 3 is 2.61 bits per heavy atom. The number of piperidine rings is 1. The van der Waals surface area contributed by atoms with Crippen molar-refractivity contribution in [1.82, 2.24) is 14.7 Å². The summed E-state index contributed by atoms with van der Waals surface area (Å²) in [6.07, 6.45) is 2.31. The average molecular weight is 534 g/mol. The summed E-state index contributed by atoms with van der Waals surface area (Å²) in [4.78, 5) is 19.3. The van der Waals surface area contributed by atoms with Crippen LogP contribution in [0.3, 0.4) is 0 Å². The van der Waals surface area contributed by atoms with Gasteiger partial charge >= 0.3 is 6.03 Å². The molecule has 2 fully saturated rings. The molecule has 1 atom stereocenters. The van der Waals surface area contributed by atoms with E-state index in [1.165, 1.54) is 18.6 Å². The first kappa shape index (κ1) is 26.5. The Hall–Kier alpha value is -2.57. The smallest absolute Gasteiger partial charge is 0.321 e. The first-order valence-electron chi connectivity index (χ1n) is 12.2. The minimum Gasteiger partial charge on any atom is -0.489 e. The van der Waals surface area contributed by atoms with Crippen LogP contribution < -0.4 is 10.1 Å². The maximum Gasteiger partial charge on any atom is 0.321 e. The number of carbonyl (C=O) groups excluding carboxylic acids is 1. The molecule has 0 radical (unpaired) electrons. The van der Waals surface area contributed by atoms with Gasteiger partial charge in [-0.2, -0.15) is 5.26 Å². The maximum absolute atomic E-state index is 14.0. The zero-order valence-corrected chi connectivity index (χ0v) is 21.6. The lowest BCUT2D eigenvalue weighted by molar-refractivity contribution is 0.0941. The van der Waals surface area contributed by atoms with Gasteiger partial charge in [-0.1, -0.05) is 23.2 Å². The Balaban J connectivity index is 1.17. The van der Waals surface area contributed by atoms with Crippen LogP contribution in [0.15, 0.2) is 36.4 Å². The number of likely N-dealkylation sites (tertiary alicyclic amines) is 1. The minimum absolute atomic E-state index is 0.129. The Morgan fingerprint density at radius 2 is 1.89 bits per heavy atom. The number of ether oxygens (including phenoxy) is 1. The van der Waals surface area contributed by atoms with E-state index in [1.807, 2.05) is 11.0 Å². The van der Waals surface area contributed by atoms with Crippen molar-refractivity contribution in [3.8, 4) is 11.8 Å². The van der Waals surface area contributed by atoms with Crippen molar-refractivity contribution >= 4 is 34.9 Å². The molecule has 0 saturated carbocycles. The van der Waals surface area contributed by atoms with Gasteiger partial charge in [-0.05, 0) is 61.7 Å². The van der Waals surface area contributed by atoms with Crippen molar-refractivity contribution < 1.29 is 13.9 Å². The molecule has 2 saturated heterocycles. The van der Waals surface area contributed by atoms with Crippen LogP contribution in [0.2, 0.25) is 10.0 Å². The molecule has 0 aromatic heterocycles. The van der Waals surface area contributed by atoms with Crippen LogP contribution in [0.5, 0.6) is 5.75 Å². The first-order valence-corrected chi connectivity index (χ1v) is 12.9. The van der Waals surface area contributed by atoms with E-state index in [2.05, 4.69) is 15.1 Å². The number of halogens is 3. The number of carbonyl (C=O) groups is 1. The summed E-state index contributed by atoms with van der Waals surface area (Å²) in [5.41, 5.74) is 0.914. The number of nitrogens with zero attached hydrogens (tertiary/aromatic N) is 4. The number of rotatable bonds is 7. The van der Waals surface area contributed by atoms with E-state index in [1.54, 1.807) is 24.3 Å². The van der Waals surface area contributed by atoms with Gasteiger partial charge < -0.3 is 15.0 Å². The molecule has 10 heteroatoms. The Labute approximate surface area is 221 Å². The lowest BCUT2D eigenvalue weighted by Crippen LogP contribution is -2.52. The quantitative estimate of drug-likeness (QED) is 0.545. The standard InChI is InChI=1S/C26H30Cl2FN5O2/c27-22-5-4-21(15-23(22)28)31-26(35)34-10-8-33(9-11-34)18-20-2-1-7-32(17-20)12-13-36-25-6-3-19(16-30)14-24(25)29/h3-6,14-15,20H,1-2,7-13,17-18H2,(H,31,35)/t20-/m1/s1. The highest BCUT2D eigenvalue weighted by Gasteiger charge is 2.26. The summed E-state index contributed by atoms with van der Waals surface area (Å²) in [6, 6.07) is 11.1. The van der Waals surface area contributed by atoms with Crippen molar-refractivity contribution in [1.29, 1.82) is 5.26 Å². The fourth-order valence-electron chi connectivity index (χ4n) is 4.75. The number of hydrogen-bond acceptors (Lipinski definition) is 5. The van der Waals surface area contributed by atoms with Crippen molar-refractivity contribution in [3.05, 3.63) is 57.8 Å². The van der Waals surface area contributed by atoms with Crippen LogP contribution in [0.4, 0.5) is 14.9 Å². The van der Waals surface area contributed by atoms with Gasteiger partial charge in [0.2, 0.25) is 0 Å². The molecule has 0 unspecified atom stereocenters. The van der Waals surface area contributed by atoms with E-state index < -0.39 is 5.82 Å². The summed E-state index contributed by atoms with van der Waals surface area (Å²) in [5.74, 6) is 0.237. The molecule has 2 aliphatic heterocycles. The van der Waals surface area contributed by atoms with Gasteiger partial charge in [0.05, 0.1) is 21.7 Å². The molecule has 2 aromatic carbocycles. The van der Waals surface area contributed by atoms with Crippen LogP contribution in [0.1, 0.15) is 18.4 Å². The highest BCUT2D eigenvalue weighted by Crippen LogP contribution is 2.25. The zero-order valence-electron chi connectivity index (χ0n) is 20.1. The lowest BCUT2D eigenvalue weighted by Gasteiger charge is -2.39. The number of urea groups is 1. The number of benzene rings is 2. The highest BCUT2D eigenvalue weighted by molar-refractivity contribution is 6.42. The van der Waals surface area contributed by atoms with Crippen molar-refractivity contribution in [2.45, 2.75) is 12.8 Å². The van der Waals surface area contributed by atoms with Crippen molar-refractivity contribution in [2.75, 3.05) is 64.3 Å². The molecular formula is C26H30Cl2FN5O2. The number of hydrogen-bond donors (Lipinski definition) is 1. The highest BCUT2D eigenvalue weighted by atomic mass is 35.5. The third-order valence-electron chi connectivity index (χ3n) is 6.68. The van der Waals surface area contributed by atoms with Gasteiger partial charge in [-0.15, -0.1) is 0 Å². The SMILES string of the molecule is N#Cc1ccc(OCCN2CCC[C@@H](CN3CCN(C(=O)Nc4ccc(Cl)c(Cl)c4)CC3)C2)c(F)c1. The van der Waals surface area contributed by atoms with Crippen LogP contribution >= 0.6 is 23.2 Å². The Bertz CT molecular complexity index is 1100. The molecule has 0 spiro atoms. The number of amides is 2. The van der Waals surface area contributed by atoms with E-state index in [0.717, 1.165) is 45.7 Å². The molecular weight excluding hydrogens is 504 g/mol. The fraction of sp³-hybridized carbons (Fsp3) is 0.462. The van der Waals surface area contributed by atoms with Gasteiger partial charge in [-0.25, -0.2) is 9.18 Å². The molecule has 0 bridgehead atoms. The van der Waals surface area contributed by atoms with Gasteiger partial charge in [-0.3, -0.25) is 9.80 Å². The lowest BCUT2D eigenvalue weighted by atomic mass is 9.97. The summed E-state index contributed by atoms with van der Waals surface area (Å²) < 4.78 is 19.6. The fourth-order valence-corrected chi connectivity index (χ4v) is 5.05. The van der Waals surface area contributed by atoms with Gasteiger partial charge in [0.1, 0.15) is 6.61 Å². The van der Waals surface area contributed by atoms with E-state index in [9.17, 15) is 9.18 Å². The normalized spacial score (nSPS) is 19.1. The Kier molecular flexibility index (Phi) is 9.27. The molecule has 2 amide bonds. The van der Waals surface area contributed by atoms with E-state index >= 15 is 0 Å². The number of anilines is 1. The predicted octanol–water partition coefficient (Wildman–Crippen LogP) is 4.94. The summed E-state index contributed by atoms with van der Waals surface area (Å²) in [7, 11) is 0. The maximum atomic E-state index is 14.0. The third kappa shape index (κ3) is 7.23. The molecule has 4 rings (SSSR count). The summed E-state index contributed by atoms with van der Waals surface area (Å²) >= 11 is 12.0. The monoisotopic (exact) mass is 533 g/mol. The van der Waals surface area contributed by atoms with Crippen molar-refractivity contribution in [3.63, 3.8) is 0 Å². The van der Waals surface area contributed by atoms with Crippen LogP contribution in [-0.2, 0) is 0 Å². The minimum atomic E-state index is -0.504. The molecule has 36 heavy (non-hydrogen) atoms. The molecule has 2 aliphatic rings. The largest absolute Gasteiger partial charge is 0.489 e. The van der Waals surface area contributed by atoms with Crippen LogP contribution in [-0.4, -0.2) is 79.7 Å².